The van der Waals surface area contributed by atoms with Crippen molar-refractivity contribution in [2.45, 2.75) is 27.3 Å². The van der Waals surface area contributed by atoms with Gasteiger partial charge in [-0.25, -0.2) is 9.78 Å². The van der Waals surface area contributed by atoms with Gasteiger partial charge in [-0.05, 0) is 20.8 Å². The Morgan fingerprint density at radius 3 is 2.55 bits per heavy atom. The van der Waals surface area contributed by atoms with Gasteiger partial charge in [0.1, 0.15) is 17.2 Å². The van der Waals surface area contributed by atoms with E-state index < -0.39 is 11.5 Å². The highest BCUT2D eigenvalue weighted by Gasteiger charge is 2.20. The number of aryl methyl sites for hydroxylation is 1. The molecule has 1 amide bonds. The van der Waals surface area contributed by atoms with Gasteiger partial charge in [0, 0.05) is 18.5 Å². The van der Waals surface area contributed by atoms with E-state index in [9.17, 15) is 14.4 Å². The molecule has 0 bridgehead atoms. The molecule has 0 radical (unpaired) electrons. The van der Waals surface area contributed by atoms with Crippen molar-refractivity contribution in [3.63, 3.8) is 0 Å². The molecule has 0 aliphatic heterocycles. The Morgan fingerprint density at radius 1 is 1.36 bits per heavy atom. The number of carbonyl (C=O) groups excluding carboxylic acids is 1. The van der Waals surface area contributed by atoms with Crippen LogP contribution in [0.5, 0.6) is 0 Å². The Kier molecular flexibility index (Phi) is 4.60. The summed E-state index contributed by atoms with van der Waals surface area (Å²) in [7, 11) is 0. The van der Waals surface area contributed by atoms with Crippen molar-refractivity contribution in [2.24, 2.45) is 0 Å². The number of nitrogens with zero attached hydrogens (tertiary/aromatic N) is 3. The van der Waals surface area contributed by atoms with Crippen molar-refractivity contribution in [3.8, 4) is 0 Å². The van der Waals surface area contributed by atoms with Crippen LogP contribution in [0.1, 0.15) is 30.0 Å². The monoisotopic (exact) mass is 323 g/mol. The molecule has 0 atom stereocenters. The molecule has 8 heteroatoms. The van der Waals surface area contributed by atoms with Gasteiger partial charge in [0.2, 0.25) is 5.91 Å². The molecule has 0 unspecified atom stereocenters. The Hall–Kier alpha value is -2.22. The van der Waals surface area contributed by atoms with Crippen LogP contribution in [-0.2, 0) is 11.3 Å². The van der Waals surface area contributed by atoms with Gasteiger partial charge in [-0.1, -0.05) is 0 Å². The van der Waals surface area contributed by atoms with Gasteiger partial charge in [-0.15, -0.1) is 11.3 Å². The molecule has 0 spiro atoms. The van der Waals surface area contributed by atoms with Gasteiger partial charge in [0.25, 0.3) is 5.56 Å². The number of thiophene rings is 1. The average Bonchev–Trinajstić information content (AvgIpc) is 2.88. The first-order valence-corrected chi connectivity index (χ1v) is 7.78. The highest BCUT2D eigenvalue weighted by Crippen LogP contribution is 2.21. The number of aromatic carboxylic acids is 1. The topological polar surface area (TPSA) is 92.5 Å². The molecule has 0 saturated carbocycles. The number of rotatable bonds is 5. The number of carboxylic acids is 1. The standard InChI is InChI=1S/C14H17N3O4S/c1-4-16(5-2)10(18)6-17-8(3)15-12-11(13(17)19)9(7-22-12)14(20)21/h7H,4-6H2,1-3H3,(H,20,21). The van der Waals surface area contributed by atoms with Gasteiger partial charge in [0.15, 0.2) is 0 Å². The summed E-state index contributed by atoms with van der Waals surface area (Å²) >= 11 is 1.11. The summed E-state index contributed by atoms with van der Waals surface area (Å²) in [6.07, 6.45) is 0. The predicted molar refractivity (Wildman–Crippen MR) is 83.5 cm³/mol. The summed E-state index contributed by atoms with van der Waals surface area (Å²) in [4.78, 5) is 42.2. The van der Waals surface area contributed by atoms with Crippen LogP contribution in [0.2, 0.25) is 0 Å². The molecule has 2 heterocycles. The van der Waals surface area contributed by atoms with E-state index in [4.69, 9.17) is 5.11 Å². The molecule has 2 aromatic rings. The molecule has 0 aromatic carbocycles. The lowest BCUT2D eigenvalue weighted by atomic mass is 10.2. The Morgan fingerprint density at radius 2 is 2.00 bits per heavy atom. The molecule has 2 rings (SSSR count). The number of aromatic nitrogens is 2. The van der Waals surface area contributed by atoms with Crippen LogP contribution in [0.15, 0.2) is 10.2 Å². The average molecular weight is 323 g/mol. The van der Waals surface area contributed by atoms with Crippen LogP contribution < -0.4 is 5.56 Å². The predicted octanol–water partition coefficient (Wildman–Crippen LogP) is 1.33. The van der Waals surface area contributed by atoms with Gasteiger partial charge in [0.05, 0.1) is 10.9 Å². The number of hydrogen-bond acceptors (Lipinski definition) is 5. The molecule has 0 fully saturated rings. The van der Waals surface area contributed by atoms with Crippen LogP contribution in [0.3, 0.4) is 0 Å². The van der Waals surface area contributed by atoms with Crippen LogP contribution in [0, 0.1) is 6.92 Å². The third-order valence-electron chi connectivity index (χ3n) is 3.52. The van der Waals surface area contributed by atoms with Crippen molar-refractivity contribution in [1.82, 2.24) is 14.5 Å². The normalized spacial score (nSPS) is 10.9. The summed E-state index contributed by atoms with van der Waals surface area (Å²) in [6.45, 7) is 6.33. The molecular formula is C14H17N3O4S. The molecule has 0 saturated heterocycles. The molecule has 2 aromatic heterocycles. The van der Waals surface area contributed by atoms with E-state index in [2.05, 4.69) is 4.98 Å². The van der Waals surface area contributed by atoms with E-state index in [0.717, 1.165) is 11.3 Å². The molecule has 1 N–H and O–H groups in total. The first kappa shape index (κ1) is 16.2. The summed E-state index contributed by atoms with van der Waals surface area (Å²) in [6, 6.07) is 0. The van der Waals surface area contributed by atoms with Crippen LogP contribution >= 0.6 is 11.3 Å². The summed E-state index contributed by atoms with van der Waals surface area (Å²) in [5, 5.41) is 10.6. The zero-order valence-corrected chi connectivity index (χ0v) is 13.4. The van der Waals surface area contributed by atoms with Gasteiger partial charge in [-0.2, -0.15) is 0 Å². The first-order chi connectivity index (χ1) is 10.4. The second kappa shape index (κ2) is 6.27. The second-order valence-corrected chi connectivity index (χ2v) is 5.61. The highest BCUT2D eigenvalue weighted by molar-refractivity contribution is 7.17. The van der Waals surface area contributed by atoms with Gasteiger partial charge in [-0.3, -0.25) is 14.2 Å². The fourth-order valence-corrected chi connectivity index (χ4v) is 3.23. The molecular weight excluding hydrogens is 306 g/mol. The van der Waals surface area contributed by atoms with Crippen molar-refractivity contribution < 1.29 is 14.7 Å². The second-order valence-electron chi connectivity index (χ2n) is 4.75. The van der Waals surface area contributed by atoms with E-state index in [1.165, 1.54) is 9.95 Å². The lowest BCUT2D eigenvalue weighted by Crippen LogP contribution is -2.37. The number of amides is 1. The maximum atomic E-state index is 12.6. The summed E-state index contributed by atoms with van der Waals surface area (Å²) in [5.41, 5.74) is -0.553. The number of hydrogen-bond donors (Lipinski definition) is 1. The molecule has 0 aliphatic carbocycles. The zero-order valence-electron chi connectivity index (χ0n) is 12.6. The molecule has 0 aliphatic rings. The van der Waals surface area contributed by atoms with Crippen molar-refractivity contribution in [1.29, 1.82) is 0 Å². The molecule has 7 nitrogen and oxygen atoms in total. The van der Waals surface area contributed by atoms with Crippen molar-refractivity contribution >= 4 is 33.4 Å². The maximum Gasteiger partial charge on any atom is 0.337 e. The van der Waals surface area contributed by atoms with Crippen LogP contribution in [0.25, 0.3) is 10.2 Å². The van der Waals surface area contributed by atoms with E-state index in [1.54, 1.807) is 11.8 Å². The lowest BCUT2D eigenvalue weighted by Gasteiger charge is -2.19. The maximum absolute atomic E-state index is 12.6. The number of fused-ring (bicyclic) bond motifs is 1. The van der Waals surface area contributed by atoms with E-state index in [1.807, 2.05) is 13.8 Å². The highest BCUT2D eigenvalue weighted by atomic mass is 32.1. The minimum atomic E-state index is -1.17. The Bertz CT molecular complexity index is 789. The zero-order chi connectivity index (χ0) is 16.4. The number of carboxylic acid groups (broad SMARTS) is 1. The summed E-state index contributed by atoms with van der Waals surface area (Å²) in [5.74, 6) is -0.962. The SMILES string of the molecule is CCN(CC)C(=O)Cn1c(C)nc2scc(C(=O)O)c2c1=O. The lowest BCUT2D eigenvalue weighted by molar-refractivity contribution is -0.131. The number of carbonyl (C=O) groups is 2. The van der Waals surface area contributed by atoms with Crippen molar-refractivity contribution in [2.75, 3.05) is 13.1 Å². The molecule has 118 valence electrons. The largest absolute Gasteiger partial charge is 0.478 e. The fraction of sp³-hybridized carbons (Fsp3) is 0.429. The first-order valence-electron chi connectivity index (χ1n) is 6.90. The Labute approximate surface area is 130 Å². The number of likely N-dealkylation sites (N-methyl/N-ethyl adjacent to an activating group) is 1. The smallest absolute Gasteiger partial charge is 0.337 e. The van der Waals surface area contributed by atoms with E-state index in [0.29, 0.717) is 23.7 Å². The minimum Gasteiger partial charge on any atom is -0.478 e. The third kappa shape index (κ3) is 2.74. The summed E-state index contributed by atoms with van der Waals surface area (Å²) < 4.78 is 1.24. The van der Waals surface area contributed by atoms with Crippen LogP contribution in [-0.4, -0.2) is 44.5 Å². The van der Waals surface area contributed by atoms with Crippen LogP contribution in [0.4, 0.5) is 0 Å². The fourth-order valence-electron chi connectivity index (χ4n) is 2.28. The minimum absolute atomic E-state index is 0.0652. The molecule has 22 heavy (non-hydrogen) atoms. The third-order valence-corrected chi connectivity index (χ3v) is 4.40. The Balaban J connectivity index is 2.55. The van der Waals surface area contributed by atoms with E-state index >= 15 is 0 Å². The van der Waals surface area contributed by atoms with Crippen molar-refractivity contribution in [3.05, 3.63) is 27.1 Å². The van der Waals surface area contributed by atoms with Gasteiger partial charge >= 0.3 is 5.97 Å². The quantitative estimate of drug-likeness (QED) is 0.896. The van der Waals surface area contributed by atoms with E-state index in [-0.39, 0.29) is 23.4 Å². The van der Waals surface area contributed by atoms with Gasteiger partial charge < -0.3 is 10.0 Å².